The third kappa shape index (κ3) is 1.99. The predicted molar refractivity (Wildman–Crippen MR) is 61.4 cm³/mol. The summed E-state index contributed by atoms with van der Waals surface area (Å²) in [5, 5.41) is 10.0. The quantitative estimate of drug-likeness (QED) is 0.678. The molecule has 92 valence electrons. The van der Waals surface area contributed by atoms with Crippen molar-refractivity contribution in [1.82, 2.24) is 9.80 Å². The summed E-state index contributed by atoms with van der Waals surface area (Å²) >= 11 is 0. The van der Waals surface area contributed by atoms with Gasteiger partial charge in [-0.2, -0.15) is 0 Å². The molecule has 3 heterocycles. The van der Waals surface area contributed by atoms with Gasteiger partial charge in [-0.15, -0.1) is 0 Å². The Morgan fingerprint density at radius 1 is 1.06 bits per heavy atom. The number of aliphatic hydroxyl groups is 1. The second kappa shape index (κ2) is 4.61. The second-order valence-corrected chi connectivity index (χ2v) is 5.33. The Balaban J connectivity index is 1.62. The van der Waals surface area contributed by atoms with Gasteiger partial charge >= 0.3 is 0 Å². The molecule has 0 amide bonds. The maximum atomic E-state index is 10.0. The van der Waals surface area contributed by atoms with E-state index in [1.165, 1.54) is 25.9 Å². The molecule has 0 aromatic rings. The molecule has 4 heteroatoms. The van der Waals surface area contributed by atoms with Crippen LogP contribution in [-0.4, -0.2) is 72.5 Å². The average molecular weight is 226 g/mol. The molecule has 0 aliphatic carbocycles. The number of rotatable bonds is 1. The Morgan fingerprint density at radius 3 is 2.81 bits per heavy atom. The molecule has 4 nitrogen and oxygen atoms in total. The van der Waals surface area contributed by atoms with E-state index >= 15 is 0 Å². The van der Waals surface area contributed by atoms with Crippen LogP contribution >= 0.6 is 0 Å². The highest BCUT2D eigenvalue weighted by molar-refractivity contribution is 4.92. The van der Waals surface area contributed by atoms with Gasteiger partial charge < -0.3 is 9.84 Å². The zero-order valence-electron chi connectivity index (χ0n) is 9.85. The number of fused-ring (bicyclic) bond motifs is 1. The van der Waals surface area contributed by atoms with Crippen molar-refractivity contribution in [1.29, 1.82) is 0 Å². The lowest BCUT2D eigenvalue weighted by Gasteiger charge is -2.44. The van der Waals surface area contributed by atoms with Crippen LogP contribution in [0.4, 0.5) is 0 Å². The minimum atomic E-state index is -0.179. The number of nitrogens with zero attached hydrogens (tertiary/aromatic N) is 2. The Morgan fingerprint density at radius 2 is 1.94 bits per heavy atom. The van der Waals surface area contributed by atoms with Crippen LogP contribution in [0, 0.1) is 0 Å². The van der Waals surface area contributed by atoms with Gasteiger partial charge in [0.25, 0.3) is 0 Å². The molecule has 0 saturated carbocycles. The highest BCUT2D eigenvalue weighted by Gasteiger charge is 2.36. The maximum absolute atomic E-state index is 10.0. The molecule has 16 heavy (non-hydrogen) atoms. The van der Waals surface area contributed by atoms with Crippen molar-refractivity contribution in [3.63, 3.8) is 0 Å². The van der Waals surface area contributed by atoms with Crippen LogP contribution in [0.15, 0.2) is 0 Å². The number of hydrogen-bond donors (Lipinski definition) is 1. The van der Waals surface area contributed by atoms with E-state index < -0.39 is 0 Å². The zero-order chi connectivity index (χ0) is 11.0. The van der Waals surface area contributed by atoms with E-state index in [2.05, 4.69) is 9.80 Å². The van der Waals surface area contributed by atoms with Crippen LogP contribution in [-0.2, 0) is 4.74 Å². The summed E-state index contributed by atoms with van der Waals surface area (Å²) in [5.74, 6) is 0. The monoisotopic (exact) mass is 226 g/mol. The smallest absolute Gasteiger partial charge is 0.0739 e. The van der Waals surface area contributed by atoms with E-state index in [0.717, 1.165) is 32.2 Å². The van der Waals surface area contributed by atoms with Crippen molar-refractivity contribution < 1.29 is 9.84 Å². The van der Waals surface area contributed by atoms with Gasteiger partial charge in [0, 0.05) is 32.3 Å². The molecule has 0 radical (unpaired) electrons. The first-order valence-corrected chi connectivity index (χ1v) is 6.58. The van der Waals surface area contributed by atoms with Crippen molar-refractivity contribution in [2.24, 2.45) is 0 Å². The fraction of sp³-hybridized carbons (Fsp3) is 1.00. The van der Waals surface area contributed by atoms with E-state index in [1.807, 2.05) is 0 Å². The maximum Gasteiger partial charge on any atom is 0.0739 e. The summed E-state index contributed by atoms with van der Waals surface area (Å²) < 4.78 is 5.50. The Labute approximate surface area is 97.2 Å². The summed E-state index contributed by atoms with van der Waals surface area (Å²) in [4.78, 5) is 5.06. The van der Waals surface area contributed by atoms with Gasteiger partial charge in [-0.25, -0.2) is 0 Å². The summed E-state index contributed by atoms with van der Waals surface area (Å²) in [6, 6.07) is 0.986. The molecule has 3 unspecified atom stereocenters. The third-order valence-corrected chi connectivity index (χ3v) is 4.38. The van der Waals surface area contributed by atoms with Gasteiger partial charge in [0.15, 0.2) is 0 Å². The summed E-state index contributed by atoms with van der Waals surface area (Å²) in [6.07, 6.45) is 3.31. The third-order valence-electron chi connectivity index (χ3n) is 4.38. The van der Waals surface area contributed by atoms with Crippen LogP contribution in [0.25, 0.3) is 0 Å². The first kappa shape index (κ1) is 11.0. The fourth-order valence-electron chi connectivity index (χ4n) is 3.38. The number of aliphatic hydroxyl groups excluding tert-OH is 1. The van der Waals surface area contributed by atoms with Gasteiger partial charge in [0.05, 0.1) is 18.8 Å². The SMILES string of the molecule is OC1CCOCC1N1CCN2CCCC2C1. The molecule has 3 aliphatic rings. The topological polar surface area (TPSA) is 35.9 Å². The Hall–Kier alpha value is -0.160. The standard InChI is InChI=1S/C12H22N2O2/c15-12-3-7-16-9-11(12)14-6-5-13-4-1-2-10(13)8-14/h10-12,15H,1-9H2. The van der Waals surface area contributed by atoms with Crippen LogP contribution in [0.1, 0.15) is 19.3 Å². The predicted octanol–water partition coefficient (Wildman–Crippen LogP) is -0.0838. The van der Waals surface area contributed by atoms with Gasteiger partial charge in [-0.3, -0.25) is 9.80 Å². The zero-order valence-corrected chi connectivity index (χ0v) is 9.85. The molecular weight excluding hydrogens is 204 g/mol. The lowest BCUT2D eigenvalue weighted by atomic mass is 10.0. The largest absolute Gasteiger partial charge is 0.391 e. The van der Waals surface area contributed by atoms with E-state index in [4.69, 9.17) is 4.74 Å². The fourth-order valence-corrected chi connectivity index (χ4v) is 3.38. The molecule has 3 atom stereocenters. The number of piperazine rings is 1. The lowest BCUT2D eigenvalue weighted by Crippen LogP contribution is -2.58. The average Bonchev–Trinajstić information content (AvgIpc) is 2.76. The summed E-state index contributed by atoms with van der Waals surface area (Å²) in [7, 11) is 0. The minimum Gasteiger partial charge on any atom is -0.391 e. The van der Waals surface area contributed by atoms with Crippen molar-refractivity contribution in [2.45, 2.75) is 37.5 Å². The van der Waals surface area contributed by atoms with E-state index in [9.17, 15) is 5.11 Å². The van der Waals surface area contributed by atoms with Crippen LogP contribution in [0.3, 0.4) is 0 Å². The van der Waals surface area contributed by atoms with Gasteiger partial charge in [0.2, 0.25) is 0 Å². The van der Waals surface area contributed by atoms with Gasteiger partial charge in [-0.05, 0) is 25.8 Å². The highest BCUT2D eigenvalue weighted by atomic mass is 16.5. The first-order valence-electron chi connectivity index (χ1n) is 6.58. The van der Waals surface area contributed by atoms with E-state index in [0.29, 0.717) is 6.61 Å². The molecule has 0 aromatic heterocycles. The van der Waals surface area contributed by atoms with Crippen molar-refractivity contribution >= 4 is 0 Å². The van der Waals surface area contributed by atoms with Gasteiger partial charge in [0.1, 0.15) is 0 Å². The van der Waals surface area contributed by atoms with Crippen molar-refractivity contribution in [2.75, 3.05) is 39.4 Å². The van der Waals surface area contributed by atoms with Crippen molar-refractivity contribution in [3.05, 3.63) is 0 Å². The molecule has 1 N–H and O–H groups in total. The Kier molecular flexibility index (Phi) is 3.16. The first-order chi connectivity index (χ1) is 7.84. The summed E-state index contributed by atoms with van der Waals surface area (Å²) in [6.45, 7) is 6.12. The molecule has 3 aliphatic heterocycles. The summed E-state index contributed by atoms with van der Waals surface area (Å²) in [5.41, 5.74) is 0. The van der Waals surface area contributed by atoms with Crippen LogP contribution in [0.5, 0.6) is 0 Å². The molecule has 3 rings (SSSR count). The minimum absolute atomic E-state index is 0.179. The molecule has 0 bridgehead atoms. The highest BCUT2D eigenvalue weighted by Crippen LogP contribution is 2.24. The molecule has 0 aromatic carbocycles. The lowest BCUT2D eigenvalue weighted by molar-refractivity contribution is -0.0763. The second-order valence-electron chi connectivity index (χ2n) is 5.33. The molecule has 3 saturated heterocycles. The Bertz CT molecular complexity index is 249. The molecule has 3 fully saturated rings. The number of hydrogen-bond acceptors (Lipinski definition) is 4. The molecule has 0 spiro atoms. The van der Waals surface area contributed by atoms with Crippen LogP contribution in [0.2, 0.25) is 0 Å². The van der Waals surface area contributed by atoms with E-state index in [-0.39, 0.29) is 12.1 Å². The number of ether oxygens (including phenoxy) is 1. The normalized spacial score (nSPS) is 42.2. The van der Waals surface area contributed by atoms with Gasteiger partial charge in [-0.1, -0.05) is 0 Å². The van der Waals surface area contributed by atoms with Crippen molar-refractivity contribution in [3.8, 4) is 0 Å². The molecular formula is C12H22N2O2. The van der Waals surface area contributed by atoms with Crippen LogP contribution < -0.4 is 0 Å². The van der Waals surface area contributed by atoms with E-state index in [1.54, 1.807) is 0 Å².